The SMILES string of the molecule is COc1ccc(C(=O)[C@@H](C)OC(=O)c2ccc[nH]2)cc1. The van der Waals surface area contributed by atoms with E-state index in [1.807, 2.05) is 0 Å². The van der Waals surface area contributed by atoms with Crippen molar-refractivity contribution < 1.29 is 19.1 Å². The maximum absolute atomic E-state index is 12.1. The lowest BCUT2D eigenvalue weighted by Gasteiger charge is -2.12. The van der Waals surface area contributed by atoms with E-state index in [1.165, 1.54) is 0 Å². The molecule has 0 saturated carbocycles. The van der Waals surface area contributed by atoms with Gasteiger partial charge in [-0.05, 0) is 43.3 Å². The normalized spacial score (nSPS) is 11.7. The highest BCUT2D eigenvalue weighted by atomic mass is 16.5. The van der Waals surface area contributed by atoms with E-state index in [0.717, 1.165) is 0 Å². The van der Waals surface area contributed by atoms with Crippen LogP contribution in [-0.2, 0) is 4.74 Å². The van der Waals surface area contributed by atoms with Gasteiger partial charge in [0.05, 0.1) is 7.11 Å². The fraction of sp³-hybridized carbons (Fsp3) is 0.200. The number of H-pyrrole nitrogens is 1. The Kier molecular flexibility index (Phi) is 4.20. The number of rotatable bonds is 5. The maximum Gasteiger partial charge on any atom is 0.355 e. The van der Waals surface area contributed by atoms with E-state index in [9.17, 15) is 9.59 Å². The van der Waals surface area contributed by atoms with Gasteiger partial charge >= 0.3 is 5.97 Å². The Bertz CT molecular complexity index is 587. The van der Waals surface area contributed by atoms with Crippen molar-refractivity contribution >= 4 is 11.8 Å². The molecule has 2 rings (SSSR count). The molecule has 1 aromatic heterocycles. The predicted octanol–water partition coefficient (Wildman–Crippen LogP) is 2.45. The van der Waals surface area contributed by atoms with Crippen LogP contribution in [-0.4, -0.2) is 30.0 Å². The summed E-state index contributed by atoms with van der Waals surface area (Å²) >= 11 is 0. The van der Waals surface area contributed by atoms with Crippen molar-refractivity contribution in [1.82, 2.24) is 4.98 Å². The van der Waals surface area contributed by atoms with Crippen LogP contribution in [0.15, 0.2) is 42.6 Å². The predicted molar refractivity (Wildman–Crippen MR) is 73.0 cm³/mol. The molecule has 0 aliphatic carbocycles. The molecule has 1 atom stereocenters. The molecule has 1 N–H and O–H groups in total. The van der Waals surface area contributed by atoms with Crippen molar-refractivity contribution in [2.24, 2.45) is 0 Å². The number of hydrogen-bond donors (Lipinski definition) is 1. The summed E-state index contributed by atoms with van der Waals surface area (Å²) in [5.41, 5.74) is 0.789. The molecule has 2 aromatic rings. The Morgan fingerprint density at radius 2 is 1.85 bits per heavy atom. The Labute approximate surface area is 116 Å². The molecule has 0 bridgehead atoms. The minimum atomic E-state index is -0.848. The van der Waals surface area contributed by atoms with E-state index in [-0.39, 0.29) is 5.78 Å². The van der Waals surface area contributed by atoms with Crippen LogP contribution in [0.3, 0.4) is 0 Å². The Hall–Kier alpha value is -2.56. The monoisotopic (exact) mass is 273 g/mol. The summed E-state index contributed by atoms with van der Waals surface area (Å²) < 4.78 is 10.1. The van der Waals surface area contributed by atoms with E-state index in [4.69, 9.17) is 9.47 Å². The number of nitrogens with one attached hydrogen (secondary N) is 1. The van der Waals surface area contributed by atoms with Gasteiger partial charge in [-0.15, -0.1) is 0 Å². The summed E-state index contributed by atoms with van der Waals surface area (Å²) in [4.78, 5) is 26.6. The minimum absolute atomic E-state index is 0.257. The molecule has 0 radical (unpaired) electrons. The molecule has 0 aliphatic heterocycles. The molecule has 0 saturated heterocycles. The molecule has 0 amide bonds. The van der Waals surface area contributed by atoms with Gasteiger partial charge in [0.15, 0.2) is 6.10 Å². The molecule has 0 spiro atoms. The average Bonchev–Trinajstić information content (AvgIpc) is 3.01. The smallest absolute Gasteiger partial charge is 0.355 e. The molecule has 20 heavy (non-hydrogen) atoms. The lowest BCUT2D eigenvalue weighted by molar-refractivity contribution is 0.0314. The maximum atomic E-state index is 12.1. The first-order valence-corrected chi connectivity index (χ1v) is 6.14. The number of ether oxygens (including phenoxy) is 2. The lowest BCUT2D eigenvalue weighted by Crippen LogP contribution is -2.24. The zero-order valence-corrected chi connectivity index (χ0v) is 11.3. The van der Waals surface area contributed by atoms with Gasteiger partial charge in [0.2, 0.25) is 5.78 Å². The third-order valence-electron chi connectivity index (χ3n) is 2.85. The van der Waals surface area contributed by atoms with Crippen LogP contribution in [0.1, 0.15) is 27.8 Å². The third-order valence-corrected chi connectivity index (χ3v) is 2.85. The second-order valence-corrected chi connectivity index (χ2v) is 4.22. The van der Waals surface area contributed by atoms with Gasteiger partial charge in [-0.25, -0.2) is 4.79 Å². The topological polar surface area (TPSA) is 68.4 Å². The first-order valence-electron chi connectivity index (χ1n) is 6.14. The van der Waals surface area contributed by atoms with Gasteiger partial charge in [0.25, 0.3) is 0 Å². The molecule has 1 aromatic carbocycles. The molecule has 1 heterocycles. The van der Waals surface area contributed by atoms with Crippen LogP contribution >= 0.6 is 0 Å². The van der Waals surface area contributed by atoms with Crippen molar-refractivity contribution in [3.63, 3.8) is 0 Å². The molecule has 104 valence electrons. The molecule has 0 aliphatic rings. The summed E-state index contributed by atoms with van der Waals surface area (Å²) in [6.07, 6.45) is 0.770. The second kappa shape index (κ2) is 6.06. The number of hydrogen-bond acceptors (Lipinski definition) is 4. The summed E-state index contributed by atoms with van der Waals surface area (Å²) in [6, 6.07) is 9.93. The lowest BCUT2D eigenvalue weighted by atomic mass is 10.1. The number of carbonyl (C=O) groups is 2. The summed E-state index contributed by atoms with van der Waals surface area (Å²) in [7, 11) is 1.55. The number of benzene rings is 1. The molecular formula is C15H15NO4. The van der Waals surface area contributed by atoms with Crippen molar-refractivity contribution in [3.05, 3.63) is 53.9 Å². The van der Waals surface area contributed by atoms with E-state index >= 15 is 0 Å². The highest BCUT2D eigenvalue weighted by Gasteiger charge is 2.20. The van der Waals surface area contributed by atoms with Crippen LogP contribution in [0, 0.1) is 0 Å². The van der Waals surface area contributed by atoms with E-state index in [2.05, 4.69) is 4.98 Å². The molecule has 5 heteroatoms. The standard InChI is InChI=1S/C15H15NO4/c1-10(20-15(18)13-4-3-9-16-13)14(17)11-5-7-12(19-2)8-6-11/h3-10,16H,1-2H3/t10-/m1/s1. The number of aromatic nitrogens is 1. The largest absolute Gasteiger partial charge is 0.497 e. The van der Waals surface area contributed by atoms with E-state index in [1.54, 1.807) is 56.6 Å². The fourth-order valence-corrected chi connectivity index (χ4v) is 1.72. The van der Waals surface area contributed by atoms with Crippen molar-refractivity contribution in [2.75, 3.05) is 7.11 Å². The van der Waals surface area contributed by atoms with Gasteiger partial charge in [-0.1, -0.05) is 0 Å². The number of esters is 1. The quantitative estimate of drug-likeness (QED) is 0.671. The zero-order valence-electron chi connectivity index (χ0n) is 11.3. The van der Waals surface area contributed by atoms with E-state index in [0.29, 0.717) is 17.0 Å². The minimum Gasteiger partial charge on any atom is -0.497 e. The van der Waals surface area contributed by atoms with Gasteiger partial charge in [0, 0.05) is 11.8 Å². The highest BCUT2D eigenvalue weighted by molar-refractivity contribution is 6.01. The fourth-order valence-electron chi connectivity index (χ4n) is 1.72. The summed E-state index contributed by atoms with van der Waals surface area (Å²) in [5.74, 6) is -0.144. The molecule has 5 nitrogen and oxygen atoms in total. The third kappa shape index (κ3) is 3.06. The Balaban J connectivity index is 2.02. The van der Waals surface area contributed by atoms with Crippen LogP contribution in [0.4, 0.5) is 0 Å². The van der Waals surface area contributed by atoms with Crippen LogP contribution in [0.2, 0.25) is 0 Å². The second-order valence-electron chi connectivity index (χ2n) is 4.22. The average molecular weight is 273 g/mol. The van der Waals surface area contributed by atoms with Crippen LogP contribution in [0.5, 0.6) is 5.75 Å². The van der Waals surface area contributed by atoms with Crippen molar-refractivity contribution in [1.29, 1.82) is 0 Å². The van der Waals surface area contributed by atoms with E-state index < -0.39 is 12.1 Å². The van der Waals surface area contributed by atoms with Crippen LogP contribution in [0.25, 0.3) is 0 Å². The first kappa shape index (κ1) is 13.9. The number of Topliss-reactive ketones (excluding diaryl/α,β-unsaturated/α-hetero) is 1. The van der Waals surface area contributed by atoms with Gasteiger partial charge in [-0.3, -0.25) is 4.79 Å². The van der Waals surface area contributed by atoms with Gasteiger partial charge in [0.1, 0.15) is 11.4 Å². The van der Waals surface area contributed by atoms with Gasteiger partial charge in [-0.2, -0.15) is 0 Å². The summed E-state index contributed by atoms with van der Waals surface area (Å²) in [5, 5.41) is 0. The van der Waals surface area contributed by atoms with Gasteiger partial charge < -0.3 is 14.5 Å². The summed E-state index contributed by atoms with van der Waals surface area (Å²) in [6.45, 7) is 1.55. The Morgan fingerprint density at radius 1 is 1.15 bits per heavy atom. The zero-order chi connectivity index (χ0) is 14.5. The number of methoxy groups -OCH3 is 1. The van der Waals surface area contributed by atoms with Crippen LogP contribution < -0.4 is 4.74 Å². The van der Waals surface area contributed by atoms with Crippen molar-refractivity contribution in [2.45, 2.75) is 13.0 Å². The molecular weight excluding hydrogens is 258 g/mol. The van der Waals surface area contributed by atoms with Crippen molar-refractivity contribution in [3.8, 4) is 5.75 Å². The number of carbonyl (C=O) groups excluding carboxylic acids is 2. The highest BCUT2D eigenvalue weighted by Crippen LogP contribution is 2.14. The Morgan fingerprint density at radius 3 is 2.40 bits per heavy atom. The molecule has 0 fully saturated rings. The first-order chi connectivity index (χ1) is 9.61. The molecule has 0 unspecified atom stereocenters. The number of aromatic amines is 1. The number of ketones is 1.